The van der Waals surface area contributed by atoms with Gasteiger partial charge in [0.2, 0.25) is 0 Å². The van der Waals surface area contributed by atoms with E-state index in [1.54, 1.807) is 0 Å². The molecule has 0 saturated heterocycles. The van der Waals surface area contributed by atoms with Gasteiger partial charge in [0.1, 0.15) is 11.6 Å². The lowest BCUT2D eigenvalue weighted by Gasteiger charge is -2.30. The summed E-state index contributed by atoms with van der Waals surface area (Å²) in [5.41, 5.74) is 0.707. The number of nitrogens with zero attached hydrogens (tertiary/aromatic N) is 1. The summed E-state index contributed by atoms with van der Waals surface area (Å²) in [7, 11) is 1.37. The van der Waals surface area contributed by atoms with E-state index in [0.717, 1.165) is 28.4 Å². The Morgan fingerprint density at radius 2 is 2.04 bits per heavy atom. The summed E-state index contributed by atoms with van der Waals surface area (Å²) < 4.78 is 32.5. The van der Waals surface area contributed by atoms with Gasteiger partial charge in [0.05, 0.1) is 22.3 Å². The molecule has 0 radical (unpaired) electrons. The van der Waals surface area contributed by atoms with Crippen molar-refractivity contribution in [1.29, 1.82) is 0 Å². The highest BCUT2D eigenvalue weighted by molar-refractivity contribution is 9.11. The molecule has 1 heterocycles. The molecule has 0 fully saturated rings. The first kappa shape index (κ1) is 20.8. The first-order valence-electron chi connectivity index (χ1n) is 8.31. The summed E-state index contributed by atoms with van der Waals surface area (Å²) in [6.07, 6.45) is 2.51. The average Bonchev–Trinajstić information content (AvgIpc) is 2.99. The van der Waals surface area contributed by atoms with E-state index >= 15 is 0 Å². The lowest BCUT2D eigenvalue weighted by atomic mass is 9.76. The molecule has 0 bridgehead atoms. The fourth-order valence-electron chi connectivity index (χ4n) is 2.89. The molecule has 0 aliphatic carbocycles. The quantitative estimate of drug-likeness (QED) is 0.509. The van der Waals surface area contributed by atoms with Crippen molar-refractivity contribution in [1.82, 2.24) is 4.98 Å². The molecule has 1 aromatic carbocycles. The summed E-state index contributed by atoms with van der Waals surface area (Å²) in [6.45, 7) is 4.11. The highest BCUT2D eigenvalue weighted by Gasteiger charge is 2.34. The van der Waals surface area contributed by atoms with Gasteiger partial charge in [0.25, 0.3) is 0 Å². The van der Waals surface area contributed by atoms with Crippen LogP contribution in [0.5, 0.6) is 0 Å². The van der Waals surface area contributed by atoms with Crippen LogP contribution >= 0.6 is 27.3 Å². The minimum Gasteiger partial charge on any atom is -0.469 e. The van der Waals surface area contributed by atoms with Gasteiger partial charge in [-0.05, 0) is 47.3 Å². The number of esters is 1. The maximum Gasteiger partial charge on any atom is 0.305 e. The summed E-state index contributed by atoms with van der Waals surface area (Å²) in [5.74, 6) is -1.57. The Morgan fingerprint density at radius 1 is 1.35 bits per heavy atom. The van der Waals surface area contributed by atoms with Crippen molar-refractivity contribution < 1.29 is 18.3 Å². The molecule has 0 amide bonds. The molecule has 4 nitrogen and oxygen atoms in total. The molecule has 0 unspecified atom stereocenters. The number of carbonyl (C=O) groups excluding carboxylic acids is 1. The second-order valence-corrected chi connectivity index (χ2v) is 8.27. The Bertz CT molecular complexity index is 779. The van der Waals surface area contributed by atoms with E-state index < -0.39 is 11.6 Å². The van der Waals surface area contributed by atoms with Gasteiger partial charge < -0.3 is 10.1 Å². The van der Waals surface area contributed by atoms with Gasteiger partial charge in [0, 0.05) is 17.9 Å². The maximum atomic E-state index is 13.9. The fraction of sp³-hybridized carbons (Fsp3) is 0.444. The minimum absolute atomic E-state index is 0.160. The zero-order chi connectivity index (χ0) is 19.3. The summed E-state index contributed by atoms with van der Waals surface area (Å²) in [6, 6.07) is 3.35. The number of methoxy groups -OCH3 is 1. The molecule has 0 aliphatic rings. The monoisotopic (exact) mass is 446 g/mol. The van der Waals surface area contributed by atoms with E-state index in [2.05, 4.69) is 40.1 Å². The van der Waals surface area contributed by atoms with Crippen molar-refractivity contribution in [2.45, 2.75) is 44.9 Å². The predicted molar refractivity (Wildman–Crippen MR) is 103 cm³/mol. The molecule has 1 aromatic heterocycles. The lowest BCUT2D eigenvalue weighted by molar-refractivity contribution is -0.141. The number of carbonyl (C=O) groups is 1. The van der Waals surface area contributed by atoms with Gasteiger partial charge in [-0.25, -0.2) is 13.8 Å². The molecule has 2 aromatic rings. The number of thiazole rings is 1. The van der Waals surface area contributed by atoms with Crippen molar-refractivity contribution in [3.8, 4) is 0 Å². The van der Waals surface area contributed by atoms with Crippen LogP contribution in [-0.4, -0.2) is 18.1 Å². The van der Waals surface area contributed by atoms with Crippen LogP contribution in [-0.2, 0) is 14.9 Å². The number of hydrogen-bond donors (Lipinski definition) is 1. The van der Waals surface area contributed by atoms with Crippen LogP contribution in [0.1, 0.15) is 45.2 Å². The molecule has 142 valence electrons. The number of anilines is 2. The largest absolute Gasteiger partial charge is 0.469 e. The summed E-state index contributed by atoms with van der Waals surface area (Å²) in [4.78, 5) is 16.2. The number of halogens is 3. The van der Waals surface area contributed by atoms with Crippen molar-refractivity contribution in [3.63, 3.8) is 0 Å². The second kappa shape index (κ2) is 8.90. The van der Waals surface area contributed by atoms with Crippen molar-refractivity contribution in [2.24, 2.45) is 0 Å². The number of aromatic nitrogens is 1. The van der Waals surface area contributed by atoms with E-state index in [9.17, 15) is 13.6 Å². The number of benzene rings is 1. The Morgan fingerprint density at radius 3 is 2.62 bits per heavy atom. The maximum absolute atomic E-state index is 13.9. The fourth-order valence-corrected chi connectivity index (χ4v) is 4.68. The van der Waals surface area contributed by atoms with Gasteiger partial charge >= 0.3 is 5.97 Å². The second-order valence-electron chi connectivity index (χ2n) is 5.95. The molecule has 0 atom stereocenters. The Balaban J connectivity index is 2.29. The molecular weight excluding hydrogens is 426 g/mol. The van der Waals surface area contributed by atoms with Crippen molar-refractivity contribution in [2.75, 3.05) is 12.4 Å². The molecule has 0 aliphatic heterocycles. The molecule has 0 saturated carbocycles. The van der Waals surface area contributed by atoms with Gasteiger partial charge in [-0.15, -0.1) is 0 Å². The van der Waals surface area contributed by atoms with Gasteiger partial charge in [-0.1, -0.05) is 25.2 Å². The average molecular weight is 447 g/mol. The third kappa shape index (κ3) is 4.59. The Kier molecular flexibility index (Phi) is 7.11. The SMILES string of the molecule is CCC(CC)(CCC(=O)OC)c1nc(Nc2ccc(F)cc2F)sc1Br. The topological polar surface area (TPSA) is 51.2 Å². The van der Waals surface area contributed by atoms with E-state index in [4.69, 9.17) is 4.74 Å². The van der Waals surface area contributed by atoms with Gasteiger partial charge in [-0.3, -0.25) is 4.79 Å². The van der Waals surface area contributed by atoms with Crippen molar-refractivity contribution in [3.05, 3.63) is 39.3 Å². The van der Waals surface area contributed by atoms with Gasteiger partial charge in [-0.2, -0.15) is 0 Å². The van der Waals surface area contributed by atoms with Crippen LogP contribution in [0.15, 0.2) is 22.0 Å². The number of ether oxygens (including phenoxy) is 1. The Hall–Kier alpha value is -1.54. The predicted octanol–water partition coefficient (Wildman–Crippen LogP) is 5.94. The molecule has 26 heavy (non-hydrogen) atoms. The van der Waals surface area contributed by atoms with E-state index in [1.165, 1.54) is 30.6 Å². The van der Waals surface area contributed by atoms with Crippen LogP contribution < -0.4 is 5.32 Å². The molecule has 8 heteroatoms. The molecule has 1 N–H and O–H groups in total. The highest BCUT2D eigenvalue weighted by Crippen LogP contribution is 2.43. The van der Waals surface area contributed by atoms with Crippen LogP contribution in [0.4, 0.5) is 19.6 Å². The third-order valence-corrected chi connectivity index (χ3v) is 6.27. The summed E-state index contributed by atoms with van der Waals surface area (Å²) in [5, 5.41) is 3.40. The highest BCUT2D eigenvalue weighted by atomic mass is 79.9. The zero-order valence-electron chi connectivity index (χ0n) is 14.9. The first-order chi connectivity index (χ1) is 12.3. The number of hydrogen-bond acceptors (Lipinski definition) is 5. The minimum atomic E-state index is -0.680. The van der Waals surface area contributed by atoms with Gasteiger partial charge in [0.15, 0.2) is 5.13 Å². The summed E-state index contributed by atoms with van der Waals surface area (Å²) >= 11 is 4.89. The first-order valence-corrected chi connectivity index (χ1v) is 9.91. The number of rotatable bonds is 8. The van der Waals surface area contributed by atoms with Crippen LogP contribution in [0.2, 0.25) is 0 Å². The van der Waals surface area contributed by atoms with E-state index in [0.29, 0.717) is 18.0 Å². The normalized spacial score (nSPS) is 11.5. The standard InChI is InChI=1S/C18H21BrF2N2O2S/c1-4-18(5-2,9-8-14(24)25-3)15-16(19)26-17(23-15)22-13-7-6-11(20)10-12(13)21/h6-7,10H,4-5,8-9H2,1-3H3,(H,22,23). The molecule has 0 spiro atoms. The third-order valence-electron chi connectivity index (χ3n) is 4.65. The van der Waals surface area contributed by atoms with E-state index in [-0.39, 0.29) is 17.1 Å². The number of nitrogens with one attached hydrogen (secondary N) is 1. The van der Waals surface area contributed by atoms with Crippen LogP contribution in [0.25, 0.3) is 0 Å². The van der Waals surface area contributed by atoms with Crippen LogP contribution in [0.3, 0.4) is 0 Å². The van der Waals surface area contributed by atoms with E-state index in [1.807, 2.05) is 0 Å². The van der Waals surface area contributed by atoms with Crippen LogP contribution in [0, 0.1) is 11.6 Å². The molecular formula is C18H21BrF2N2O2S. The Labute approximate surface area is 164 Å². The smallest absolute Gasteiger partial charge is 0.305 e. The lowest BCUT2D eigenvalue weighted by Crippen LogP contribution is -2.26. The molecule has 2 rings (SSSR count). The van der Waals surface area contributed by atoms with Crippen molar-refractivity contribution >= 4 is 44.1 Å². The zero-order valence-corrected chi connectivity index (χ0v) is 17.3.